The minimum Gasteiger partial charge on any atom is -0.464 e. The molecule has 0 saturated carbocycles. The second-order valence-corrected chi connectivity index (χ2v) is 4.67. The average Bonchev–Trinajstić information content (AvgIpc) is 3.07. The molecule has 0 atom stereocenters. The summed E-state index contributed by atoms with van der Waals surface area (Å²) in [5.74, 6) is 0.583. The van der Waals surface area contributed by atoms with Crippen LogP contribution in [-0.2, 0) is 22.6 Å². The van der Waals surface area contributed by atoms with Gasteiger partial charge in [-0.2, -0.15) is 4.98 Å². The van der Waals surface area contributed by atoms with E-state index in [2.05, 4.69) is 25.2 Å². The van der Waals surface area contributed by atoms with Crippen molar-refractivity contribution in [3.8, 4) is 0 Å². The number of aromatic nitrogens is 5. The van der Waals surface area contributed by atoms with Gasteiger partial charge in [0.25, 0.3) is 0 Å². The Kier molecular flexibility index (Phi) is 4.63. The Balaban J connectivity index is 2.26. The summed E-state index contributed by atoms with van der Waals surface area (Å²) in [5, 5.41) is 11.6. The lowest BCUT2D eigenvalue weighted by atomic mass is 10.2. The summed E-state index contributed by atoms with van der Waals surface area (Å²) in [6.45, 7) is 4.32. The first-order valence-corrected chi connectivity index (χ1v) is 6.38. The Morgan fingerprint density at radius 2 is 2.14 bits per heavy atom. The van der Waals surface area contributed by atoms with Gasteiger partial charge in [0, 0.05) is 13.0 Å². The molecule has 9 nitrogen and oxygen atoms in total. The number of hydrogen-bond donors (Lipinski definition) is 0. The molecule has 21 heavy (non-hydrogen) atoms. The molecule has 0 N–H and O–H groups in total. The summed E-state index contributed by atoms with van der Waals surface area (Å²) in [4.78, 5) is 15.9. The molecule has 0 aliphatic heterocycles. The monoisotopic (exact) mass is 295 g/mol. The maximum Gasteiger partial charge on any atom is 0.360 e. The summed E-state index contributed by atoms with van der Waals surface area (Å²) < 4.78 is 16.4. The maximum absolute atomic E-state index is 11.6. The van der Waals surface area contributed by atoms with E-state index in [-0.39, 0.29) is 24.8 Å². The third-order valence-corrected chi connectivity index (χ3v) is 2.77. The second-order valence-electron chi connectivity index (χ2n) is 4.67. The van der Waals surface area contributed by atoms with Crippen LogP contribution in [0.5, 0.6) is 0 Å². The van der Waals surface area contributed by atoms with E-state index in [1.54, 1.807) is 0 Å². The maximum atomic E-state index is 11.6. The van der Waals surface area contributed by atoms with Crippen LogP contribution >= 0.6 is 0 Å². The van der Waals surface area contributed by atoms with Crippen LogP contribution in [0.25, 0.3) is 0 Å². The Morgan fingerprint density at radius 1 is 1.38 bits per heavy atom. The van der Waals surface area contributed by atoms with E-state index in [1.807, 2.05) is 13.8 Å². The molecule has 0 bridgehead atoms. The molecule has 0 unspecified atom stereocenters. The molecule has 0 fully saturated rings. The fourth-order valence-corrected chi connectivity index (χ4v) is 1.69. The Hall–Kier alpha value is -2.29. The first-order valence-electron chi connectivity index (χ1n) is 6.38. The zero-order valence-electron chi connectivity index (χ0n) is 12.4. The van der Waals surface area contributed by atoms with Crippen LogP contribution in [0.1, 0.15) is 47.7 Å². The molecule has 2 aromatic rings. The van der Waals surface area contributed by atoms with Gasteiger partial charge in [0.1, 0.15) is 6.54 Å². The van der Waals surface area contributed by atoms with Gasteiger partial charge in [0.2, 0.25) is 5.89 Å². The number of hydrogen-bond acceptors (Lipinski definition) is 8. The molecule has 0 saturated heterocycles. The van der Waals surface area contributed by atoms with Crippen molar-refractivity contribution >= 4 is 5.97 Å². The number of rotatable bonds is 6. The van der Waals surface area contributed by atoms with E-state index in [9.17, 15) is 4.79 Å². The zero-order chi connectivity index (χ0) is 15.4. The molecule has 114 valence electrons. The summed E-state index contributed by atoms with van der Waals surface area (Å²) in [7, 11) is 2.80. The van der Waals surface area contributed by atoms with Gasteiger partial charge < -0.3 is 14.0 Å². The van der Waals surface area contributed by atoms with Crippen LogP contribution in [0.15, 0.2) is 4.52 Å². The van der Waals surface area contributed by atoms with Crippen molar-refractivity contribution in [2.75, 3.05) is 14.2 Å². The van der Waals surface area contributed by atoms with E-state index in [0.29, 0.717) is 17.4 Å². The number of carbonyl (C=O) groups excluding carboxylic acids is 1. The minimum absolute atomic E-state index is 0.118. The largest absolute Gasteiger partial charge is 0.464 e. The van der Waals surface area contributed by atoms with Crippen molar-refractivity contribution in [1.82, 2.24) is 25.1 Å². The number of methoxy groups -OCH3 is 2. The highest BCUT2D eigenvalue weighted by Crippen LogP contribution is 2.13. The molecule has 2 aromatic heterocycles. The highest BCUT2D eigenvalue weighted by Gasteiger charge is 2.21. The van der Waals surface area contributed by atoms with E-state index in [0.717, 1.165) is 0 Å². The van der Waals surface area contributed by atoms with Crippen LogP contribution < -0.4 is 0 Å². The molecule has 0 aliphatic carbocycles. The Bertz CT molecular complexity index is 619. The Labute approximate surface area is 121 Å². The summed E-state index contributed by atoms with van der Waals surface area (Å²) in [6.07, 6.45) is 0. The molecule has 2 rings (SSSR count). The van der Waals surface area contributed by atoms with Gasteiger partial charge in [-0.15, -0.1) is 5.10 Å². The van der Waals surface area contributed by atoms with Gasteiger partial charge in [-0.1, -0.05) is 24.2 Å². The lowest BCUT2D eigenvalue weighted by Crippen LogP contribution is -2.12. The third kappa shape index (κ3) is 3.24. The molecular formula is C12H17N5O4. The standard InChI is InChI=1S/C12H17N5O4/c1-7(2)11-13-9(15-21-11)5-17-8(6-19-3)10(14-16-17)12(18)20-4/h7H,5-6H2,1-4H3. The van der Waals surface area contributed by atoms with Crippen molar-refractivity contribution in [3.05, 3.63) is 23.1 Å². The molecular weight excluding hydrogens is 278 g/mol. The molecule has 9 heteroatoms. The van der Waals surface area contributed by atoms with Gasteiger partial charge in [-0.3, -0.25) is 0 Å². The van der Waals surface area contributed by atoms with Crippen molar-refractivity contribution in [3.63, 3.8) is 0 Å². The number of ether oxygens (including phenoxy) is 2. The first-order chi connectivity index (χ1) is 10.1. The summed E-state index contributed by atoms with van der Waals surface area (Å²) in [6, 6.07) is 0. The topological polar surface area (TPSA) is 105 Å². The van der Waals surface area contributed by atoms with Gasteiger partial charge in [-0.25, -0.2) is 9.48 Å². The number of esters is 1. The van der Waals surface area contributed by atoms with Crippen LogP contribution in [-0.4, -0.2) is 45.3 Å². The molecule has 0 radical (unpaired) electrons. The molecule has 2 heterocycles. The molecule has 0 spiro atoms. The zero-order valence-corrected chi connectivity index (χ0v) is 12.4. The summed E-state index contributed by atoms with van der Waals surface area (Å²) >= 11 is 0. The van der Waals surface area contributed by atoms with Gasteiger partial charge in [0.05, 0.1) is 19.4 Å². The van der Waals surface area contributed by atoms with Crippen molar-refractivity contribution < 1.29 is 18.8 Å². The van der Waals surface area contributed by atoms with E-state index >= 15 is 0 Å². The van der Waals surface area contributed by atoms with Crippen LogP contribution in [0.3, 0.4) is 0 Å². The fraction of sp³-hybridized carbons (Fsp3) is 0.583. The smallest absolute Gasteiger partial charge is 0.360 e. The highest BCUT2D eigenvalue weighted by molar-refractivity contribution is 5.88. The van der Waals surface area contributed by atoms with E-state index in [1.165, 1.54) is 18.9 Å². The second kappa shape index (κ2) is 6.44. The van der Waals surface area contributed by atoms with Crippen molar-refractivity contribution in [2.24, 2.45) is 0 Å². The minimum atomic E-state index is -0.565. The lowest BCUT2D eigenvalue weighted by Gasteiger charge is -2.04. The highest BCUT2D eigenvalue weighted by atomic mass is 16.5. The molecule has 0 amide bonds. The lowest BCUT2D eigenvalue weighted by molar-refractivity contribution is 0.0588. The fourth-order valence-electron chi connectivity index (χ4n) is 1.69. The van der Waals surface area contributed by atoms with Crippen molar-refractivity contribution in [1.29, 1.82) is 0 Å². The SMILES string of the molecule is COCc1c(C(=O)OC)nnn1Cc1noc(C(C)C)n1. The molecule has 0 aromatic carbocycles. The first kappa shape index (κ1) is 15.1. The number of carbonyl (C=O) groups is 1. The van der Waals surface area contributed by atoms with Gasteiger partial charge in [-0.05, 0) is 0 Å². The number of nitrogens with zero attached hydrogens (tertiary/aromatic N) is 5. The van der Waals surface area contributed by atoms with E-state index in [4.69, 9.17) is 9.26 Å². The average molecular weight is 295 g/mol. The third-order valence-electron chi connectivity index (χ3n) is 2.77. The van der Waals surface area contributed by atoms with Crippen LogP contribution in [0.4, 0.5) is 0 Å². The van der Waals surface area contributed by atoms with Crippen molar-refractivity contribution in [2.45, 2.75) is 32.9 Å². The van der Waals surface area contributed by atoms with Crippen LogP contribution in [0, 0.1) is 0 Å². The molecule has 0 aliphatic rings. The quantitative estimate of drug-likeness (QED) is 0.719. The normalized spacial score (nSPS) is 11.1. The summed E-state index contributed by atoms with van der Waals surface area (Å²) in [5.41, 5.74) is 0.618. The Morgan fingerprint density at radius 3 is 2.71 bits per heavy atom. The van der Waals surface area contributed by atoms with Gasteiger partial charge in [0.15, 0.2) is 11.5 Å². The van der Waals surface area contributed by atoms with Gasteiger partial charge >= 0.3 is 5.97 Å². The predicted molar refractivity (Wildman–Crippen MR) is 69.6 cm³/mol. The van der Waals surface area contributed by atoms with Crippen LogP contribution in [0.2, 0.25) is 0 Å². The van der Waals surface area contributed by atoms with E-state index < -0.39 is 5.97 Å². The predicted octanol–water partition coefficient (Wildman–Crippen LogP) is 0.766.